The van der Waals surface area contributed by atoms with E-state index in [1.165, 1.54) is 0 Å². The second-order valence-electron chi connectivity index (χ2n) is 35.4. The van der Waals surface area contributed by atoms with Crippen molar-refractivity contribution in [1.29, 1.82) is 0 Å². The van der Waals surface area contributed by atoms with Gasteiger partial charge in [0.05, 0.1) is 144 Å². The first kappa shape index (κ1) is 114. The van der Waals surface area contributed by atoms with Gasteiger partial charge >= 0.3 is 51.7 Å². The molecule has 7 heterocycles. The number of carbonyl (C=O) groups excluding carboxylic acids is 4. The molecule has 54 heteroatoms. The van der Waals surface area contributed by atoms with E-state index in [-0.39, 0.29) is 182 Å². The van der Waals surface area contributed by atoms with E-state index in [0.717, 1.165) is 63.4 Å². The Balaban J connectivity index is 0.000000321. The number of nitrogens with one attached hydrogen (secondary N) is 7. The van der Waals surface area contributed by atoms with Gasteiger partial charge in [-0.1, -0.05) is 91.3 Å². The molecular formula is C84H125N15NaO28S7Si3+3. The molecule has 2 fully saturated rings. The van der Waals surface area contributed by atoms with Crippen molar-refractivity contribution in [3.63, 3.8) is 0 Å². The Bertz CT molecular complexity index is 5900. The number of hydrogen-bond acceptors (Lipinski definition) is 29. The van der Waals surface area contributed by atoms with Crippen LogP contribution in [0.2, 0.25) is 38.3 Å². The van der Waals surface area contributed by atoms with E-state index in [1.807, 2.05) is 129 Å². The number of urea groups is 1. The third-order valence-corrected chi connectivity index (χ3v) is 38.0. The van der Waals surface area contributed by atoms with Crippen molar-refractivity contribution in [2.45, 2.75) is 152 Å². The van der Waals surface area contributed by atoms with Crippen molar-refractivity contribution in [3.8, 4) is 51.3 Å². The van der Waals surface area contributed by atoms with Crippen LogP contribution >= 0.6 is 11.8 Å². The maximum Gasteiger partial charge on any atom is 1.00 e. The molecule has 5 amide bonds. The van der Waals surface area contributed by atoms with E-state index in [2.05, 4.69) is 36.6 Å². The maximum atomic E-state index is 12.5. The van der Waals surface area contributed by atoms with Gasteiger partial charge in [-0.15, -0.1) is 0 Å². The Labute approximate surface area is 835 Å². The largest absolute Gasteiger partial charge is 1.00 e. The fraction of sp³-hybridized carbons (Fsp3) is 0.571. The van der Waals surface area contributed by atoms with Crippen molar-refractivity contribution in [2.24, 2.45) is 0 Å². The molecule has 11 rings (SSSR count). The average Bonchev–Trinajstić information content (AvgIpc) is 1.60. The minimum atomic E-state index is -4.33. The van der Waals surface area contributed by atoms with Crippen LogP contribution in [-0.4, -0.2) is 346 Å². The number of alkyl carbamates (subject to hydrolysis) is 1. The van der Waals surface area contributed by atoms with Crippen LogP contribution in [0.15, 0.2) is 91.0 Å². The van der Waals surface area contributed by atoms with Crippen molar-refractivity contribution in [3.05, 3.63) is 91.0 Å². The van der Waals surface area contributed by atoms with Crippen molar-refractivity contribution < 1.29 is 163 Å². The number of fused-ring (bicyclic) bond motifs is 21. The summed E-state index contributed by atoms with van der Waals surface area (Å²) in [6.45, 7) is 12.1. The summed E-state index contributed by atoms with van der Waals surface area (Å²) >= 11 is 1.88. The maximum absolute atomic E-state index is 12.5. The Morgan fingerprint density at radius 2 is 0.826 bits per heavy atom. The number of nitrogens with zero attached hydrogens (tertiary/aromatic N) is 8. The molecule has 0 spiro atoms. The average molecular weight is 2120 g/mol. The molecule has 2 radical (unpaired) electrons. The summed E-state index contributed by atoms with van der Waals surface area (Å²) < 4.78 is 229. The van der Waals surface area contributed by atoms with Gasteiger partial charge in [0, 0.05) is 127 Å². The Morgan fingerprint density at radius 1 is 0.435 bits per heavy atom. The molecule has 3 atom stereocenters. The molecule has 3 unspecified atom stereocenters. The van der Waals surface area contributed by atoms with Gasteiger partial charge in [-0.2, -0.15) is 62.3 Å². The van der Waals surface area contributed by atoms with Crippen LogP contribution in [0.25, 0.3) is 89.7 Å². The summed E-state index contributed by atoms with van der Waals surface area (Å²) in [4.78, 5) is 85.9. The molecule has 7 aromatic rings. The standard InChI is InChI=1S/C56H59N13O8S.C28H64N2O20S6Si3.Na/c70-43(21-8-7-20-42-46-40(32-78-42)60-55(72)61-46)57-24-28-74-30-31-75-29-25-58-44(71)22-10-23-59-56(73)77-27-11-26-76-41-19-9-18-39-45(41)54-68-52-38-17-6-5-16-37(38)50(66-52)64-48-34-13-2-1-12-33(34)47(62-48)63-49-35-14-3-4-15-36(35)51(65-49)67-53(39)69-54;1-58(2,27-11-19-29(13-5-21-51(31,32)33,14-6-22-52(34,35)36)15-7-23-53(37,38)39)49-57-50-59(3,4)28-12-20-30(16-8-24-54(40,41)42,17-9-25-55(43,44)45)18-10-26-56(46,47)48;/h1-6,9,12-19,40,42,46H,7-8,10-11,20-32H2,(H,57,70)(H,58,71)(H,59,73)(H2,60,61,72)(H2,62,63,64,65,66,67,68,69);5-28H2,1-4H3,(H4-2,31,32,33,34,35,36,37,38,39,40,41,42,43,44,45,46,47,48);/q;;+1/p+2. The summed E-state index contributed by atoms with van der Waals surface area (Å²) in [5.74, 6) is -0.130. The summed E-state index contributed by atoms with van der Waals surface area (Å²) in [5, 5.41) is 18.0. The fourth-order valence-electron chi connectivity index (χ4n) is 16.8. The van der Waals surface area contributed by atoms with Crippen LogP contribution in [0.3, 0.4) is 0 Å². The van der Waals surface area contributed by atoms with Gasteiger partial charge in [-0.05, 0) is 76.4 Å². The van der Waals surface area contributed by atoms with E-state index < -0.39 is 118 Å². The van der Waals surface area contributed by atoms with E-state index >= 15 is 0 Å². The van der Waals surface area contributed by atoms with Gasteiger partial charge in [0.2, 0.25) is 11.8 Å². The molecule has 8 bridgehead atoms. The van der Waals surface area contributed by atoms with Crippen LogP contribution in [0, 0.1) is 0 Å². The zero-order chi connectivity index (χ0) is 99.3. The molecule has 4 aliphatic rings. The number of rotatable bonds is 59. The number of quaternary nitrogens is 2. The predicted molar refractivity (Wildman–Crippen MR) is 524 cm³/mol. The zero-order valence-electron chi connectivity index (χ0n) is 78.0. The van der Waals surface area contributed by atoms with Gasteiger partial charge in [-0.25, -0.2) is 39.5 Å². The fourth-order valence-corrected chi connectivity index (χ4v) is 26.5. The summed E-state index contributed by atoms with van der Waals surface area (Å²) in [6, 6.07) is 30.8. The van der Waals surface area contributed by atoms with Gasteiger partial charge in [0.15, 0.2) is 39.9 Å². The quantitative estimate of drug-likeness (QED) is 0.00767. The molecular weight excluding hydrogens is 2000 g/mol. The molecule has 4 aliphatic heterocycles. The predicted octanol–water partition coefficient (Wildman–Crippen LogP) is 5.19. The number of aromatic amines is 2. The number of amides is 5. The van der Waals surface area contributed by atoms with Crippen LogP contribution < -0.4 is 60.9 Å². The molecule has 0 saturated carbocycles. The van der Waals surface area contributed by atoms with Crippen molar-refractivity contribution >= 4 is 167 Å². The smallest absolute Gasteiger partial charge is 0.493 e. The number of hydrogen-bond donors (Lipinski definition) is 13. The molecule has 13 N–H and O–H groups in total. The number of thioether (sulfide) groups is 1. The van der Waals surface area contributed by atoms with E-state index in [4.69, 9.17) is 57.1 Å². The third kappa shape index (κ3) is 39.1. The van der Waals surface area contributed by atoms with Crippen LogP contribution in [0.4, 0.5) is 9.59 Å². The number of benzene rings is 4. The molecule has 0 aliphatic carbocycles. The third-order valence-electron chi connectivity index (χ3n) is 23.4. The van der Waals surface area contributed by atoms with Gasteiger partial charge < -0.3 is 72.7 Å². The normalized spacial score (nSPS) is 15.3. The van der Waals surface area contributed by atoms with Gasteiger partial charge in [-0.3, -0.25) is 36.9 Å². The number of H-pyrrole nitrogens is 2. The molecule has 4 aromatic carbocycles. The zero-order valence-corrected chi connectivity index (χ0v) is 88.7. The monoisotopic (exact) mass is 2120 g/mol. The first-order valence-corrected chi connectivity index (χ1v) is 63.1. The van der Waals surface area contributed by atoms with Crippen LogP contribution in [0.5, 0.6) is 5.75 Å². The van der Waals surface area contributed by atoms with Gasteiger partial charge in [0.25, 0.3) is 60.7 Å². The van der Waals surface area contributed by atoms with E-state index in [0.29, 0.717) is 159 Å². The molecule has 43 nitrogen and oxygen atoms in total. The van der Waals surface area contributed by atoms with E-state index in [1.54, 1.807) is 0 Å². The second-order valence-corrected chi connectivity index (χ2v) is 56.0. The minimum Gasteiger partial charge on any atom is -0.493 e. The molecule has 3 aromatic heterocycles. The first-order valence-electron chi connectivity index (χ1n) is 45.3. The molecule has 756 valence electrons. The number of unbranched alkanes of at least 4 members (excludes halogenated alkanes) is 1. The van der Waals surface area contributed by atoms with Crippen LogP contribution in [-0.2, 0) is 92.7 Å². The summed E-state index contributed by atoms with van der Waals surface area (Å²) in [6.07, 6.45) is 4.51. The number of aromatic nitrogens is 8. The van der Waals surface area contributed by atoms with Crippen molar-refractivity contribution in [2.75, 3.05) is 152 Å². The topological polar surface area (TPSA) is 619 Å². The van der Waals surface area contributed by atoms with Crippen LogP contribution in [0.1, 0.15) is 96.3 Å². The Morgan fingerprint density at radius 3 is 1.27 bits per heavy atom. The van der Waals surface area contributed by atoms with Gasteiger partial charge in [0.1, 0.15) is 28.3 Å². The van der Waals surface area contributed by atoms with E-state index in [9.17, 15) is 97.0 Å². The number of ether oxygens (including phenoxy) is 4. The SMILES string of the molecule is C[Si](C)(CCC[N+](CCCS(=O)(=O)O)(CCCS(=O)(=O)O)CCCS(=O)(=O)O)O[Si]O[Si](C)(C)CCC[N+](CCCS(=O)(=O)O)(CCCS(=O)(=O)O)CCCS(=O)(=O)O.O=C(CCCCC1SCC2NC(=O)NC21)NCCOCCOCCNC(=O)CCCNC(=O)OCCCOc1cccc2c3nc4nc(nc5nc(nc6[nH]c(nc([nH]3)c12)c1ccccc61)-c1ccccc1-5)-c1ccccc1-4.[Na+]. The summed E-state index contributed by atoms with van der Waals surface area (Å²) in [7, 11) is -31.3. The Kier molecular flexibility index (Phi) is 43.8. The molecule has 138 heavy (non-hydrogen) atoms. The first-order chi connectivity index (χ1) is 64.7. The summed E-state index contributed by atoms with van der Waals surface area (Å²) in [5.41, 5.74) is 5.60. The van der Waals surface area contributed by atoms with Crippen molar-refractivity contribution in [1.82, 2.24) is 66.5 Å². The number of carbonyl (C=O) groups is 4. The Hall–Kier alpha value is -7.26. The minimum absolute atomic E-state index is 0. The second kappa shape index (κ2) is 52.8. The molecule has 2 saturated heterocycles.